The van der Waals surface area contributed by atoms with Crippen LogP contribution in [0.1, 0.15) is 31.7 Å². The fraction of sp³-hybridized carbons (Fsp3) is 0.467. The van der Waals surface area contributed by atoms with Gasteiger partial charge in [0.2, 0.25) is 5.95 Å². The van der Waals surface area contributed by atoms with E-state index in [0.717, 1.165) is 18.1 Å². The molecule has 2 atom stereocenters. The minimum Gasteiger partial charge on any atom is -0.354 e. The van der Waals surface area contributed by atoms with Crippen LogP contribution in [0.4, 0.5) is 10.3 Å². The first-order chi connectivity index (χ1) is 9.81. The average Bonchev–Trinajstić information content (AvgIpc) is 2.92. The number of fused-ring (bicyclic) bond motifs is 3. The number of nitrogens with zero attached hydrogens (tertiary/aromatic N) is 3. The molecule has 1 saturated carbocycles. The Bertz CT molecular complexity index is 619. The zero-order valence-electron chi connectivity index (χ0n) is 11.2. The van der Waals surface area contributed by atoms with E-state index in [1.54, 1.807) is 12.1 Å². The molecule has 0 radical (unpaired) electrons. The molecule has 1 aromatic carbocycles. The van der Waals surface area contributed by atoms with Crippen molar-refractivity contribution in [3.63, 3.8) is 0 Å². The molecular formula is C15H17FN4. The predicted octanol–water partition coefficient (Wildman–Crippen LogP) is 3.24. The summed E-state index contributed by atoms with van der Waals surface area (Å²) >= 11 is 0. The third-order valence-corrected chi connectivity index (χ3v) is 4.44. The zero-order chi connectivity index (χ0) is 13.5. The minimum absolute atomic E-state index is 0.233. The van der Waals surface area contributed by atoms with Crippen LogP contribution < -0.4 is 5.32 Å². The van der Waals surface area contributed by atoms with Crippen LogP contribution >= 0.6 is 0 Å². The van der Waals surface area contributed by atoms with Crippen LogP contribution in [0.2, 0.25) is 0 Å². The Morgan fingerprint density at radius 2 is 1.95 bits per heavy atom. The standard InChI is InChI=1S/C15H17FN4/c16-12-7-5-10(6-8-12)14-18-15-17-9-11-3-1-2-4-13(11)20(15)19-14/h5-8,11,13H,1-4,9H2,(H,17,18,19). The van der Waals surface area contributed by atoms with Crippen molar-refractivity contribution in [1.29, 1.82) is 0 Å². The van der Waals surface area contributed by atoms with Gasteiger partial charge in [-0.15, -0.1) is 5.10 Å². The Balaban J connectivity index is 1.71. The molecule has 4 rings (SSSR count). The van der Waals surface area contributed by atoms with E-state index in [0.29, 0.717) is 17.8 Å². The first-order valence-corrected chi connectivity index (χ1v) is 7.27. The van der Waals surface area contributed by atoms with E-state index >= 15 is 0 Å². The van der Waals surface area contributed by atoms with Crippen molar-refractivity contribution in [3.8, 4) is 11.4 Å². The topological polar surface area (TPSA) is 42.7 Å². The smallest absolute Gasteiger partial charge is 0.221 e. The number of hydrogen-bond donors (Lipinski definition) is 1. The van der Waals surface area contributed by atoms with Crippen molar-refractivity contribution in [2.45, 2.75) is 31.7 Å². The molecule has 0 saturated heterocycles. The lowest BCUT2D eigenvalue weighted by Crippen LogP contribution is -2.35. The molecule has 1 aromatic heterocycles. The first-order valence-electron chi connectivity index (χ1n) is 7.27. The summed E-state index contributed by atoms with van der Waals surface area (Å²) < 4.78 is 15.0. The van der Waals surface area contributed by atoms with E-state index in [4.69, 9.17) is 0 Å². The average molecular weight is 272 g/mol. The number of aromatic nitrogens is 3. The van der Waals surface area contributed by atoms with Gasteiger partial charge in [-0.1, -0.05) is 12.8 Å². The number of halogens is 1. The minimum atomic E-state index is -0.233. The van der Waals surface area contributed by atoms with Gasteiger partial charge in [0.1, 0.15) is 5.82 Å². The first kappa shape index (κ1) is 11.9. The summed E-state index contributed by atoms with van der Waals surface area (Å²) in [5.74, 6) is 1.97. The van der Waals surface area contributed by atoms with Gasteiger partial charge in [-0.05, 0) is 43.0 Å². The highest BCUT2D eigenvalue weighted by Gasteiger charge is 2.33. The van der Waals surface area contributed by atoms with Gasteiger partial charge >= 0.3 is 0 Å². The van der Waals surface area contributed by atoms with Gasteiger partial charge in [0, 0.05) is 12.1 Å². The molecule has 1 aliphatic carbocycles. The maximum Gasteiger partial charge on any atom is 0.221 e. The summed E-state index contributed by atoms with van der Waals surface area (Å²) in [6, 6.07) is 6.84. The molecule has 2 heterocycles. The molecule has 20 heavy (non-hydrogen) atoms. The normalized spacial score (nSPS) is 24.6. The van der Waals surface area contributed by atoms with Gasteiger partial charge in [0.05, 0.1) is 6.04 Å². The van der Waals surface area contributed by atoms with Crippen LogP contribution in [-0.4, -0.2) is 21.3 Å². The molecule has 2 aliphatic rings. The van der Waals surface area contributed by atoms with Crippen LogP contribution in [0.5, 0.6) is 0 Å². The van der Waals surface area contributed by atoms with Gasteiger partial charge < -0.3 is 5.32 Å². The fourth-order valence-corrected chi connectivity index (χ4v) is 3.37. The second kappa shape index (κ2) is 4.58. The van der Waals surface area contributed by atoms with Crippen molar-refractivity contribution in [2.75, 3.05) is 11.9 Å². The van der Waals surface area contributed by atoms with Gasteiger partial charge in [-0.3, -0.25) is 0 Å². The van der Waals surface area contributed by atoms with Crippen molar-refractivity contribution in [2.24, 2.45) is 5.92 Å². The summed E-state index contributed by atoms with van der Waals surface area (Å²) in [5, 5.41) is 8.03. The third kappa shape index (κ3) is 1.88. The SMILES string of the molecule is Fc1ccc(-c2nc3n(n2)C2CCCCC2CN3)cc1. The summed E-state index contributed by atoms with van der Waals surface area (Å²) in [7, 11) is 0. The summed E-state index contributed by atoms with van der Waals surface area (Å²) in [6.07, 6.45) is 5.04. The maximum absolute atomic E-state index is 13.0. The molecule has 2 aromatic rings. The maximum atomic E-state index is 13.0. The monoisotopic (exact) mass is 272 g/mol. The van der Waals surface area contributed by atoms with Crippen LogP contribution in [0, 0.1) is 11.7 Å². The number of benzene rings is 1. The second-order valence-electron chi connectivity index (χ2n) is 5.70. The van der Waals surface area contributed by atoms with E-state index in [9.17, 15) is 4.39 Å². The Hall–Kier alpha value is -1.91. The van der Waals surface area contributed by atoms with Crippen molar-refractivity contribution in [1.82, 2.24) is 14.8 Å². The summed E-state index contributed by atoms with van der Waals surface area (Å²) in [6.45, 7) is 0.992. The molecule has 0 spiro atoms. The third-order valence-electron chi connectivity index (χ3n) is 4.44. The van der Waals surface area contributed by atoms with Gasteiger partial charge in [-0.25, -0.2) is 9.07 Å². The van der Waals surface area contributed by atoms with Crippen molar-refractivity contribution >= 4 is 5.95 Å². The number of hydrogen-bond acceptors (Lipinski definition) is 3. The lowest BCUT2D eigenvalue weighted by atomic mass is 9.84. The highest BCUT2D eigenvalue weighted by molar-refractivity contribution is 5.56. The van der Waals surface area contributed by atoms with Crippen LogP contribution in [-0.2, 0) is 0 Å². The van der Waals surface area contributed by atoms with Gasteiger partial charge in [0.15, 0.2) is 5.82 Å². The molecular weight excluding hydrogens is 255 g/mol. The molecule has 2 unspecified atom stereocenters. The van der Waals surface area contributed by atoms with Gasteiger partial charge in [-0.2, -0.15) is 4.98 Å². The van der Waals surface area contributed by atoms with E-state index in [1.807, 2.05) is 4.68 Å². The van der Waals surface area contributed by atoms with E-state index in [1.165, 1.54) is 37.8 Å². The zero-order valence-corrected chi connectivity index (χ0v) is 11.2. The molecule has 1 aliphatic heterocycles. The van der Waals surface area contributed by atoms with Crippen LogP contribution in [0.3, 0.4) is 0 Å². The highest BCUT2D eigenvalue weighted by Crippen LogP contribution is 2.38. The molecule has 0 amide bonds. The predicted molar refractivity (Wildman–Crippen MR) is 74.9 cm³/mol. The Kier molecular flexibility index (Phi) is 2.72. The molecule has 1 fully saturated rings. The Morgan fingerprint density at radius 1 is 1.15 bits per heavy atom. The van der Waals surface area contributed by atoms with E-state index in [2.05, 4.69) is 15.4 Å². The summed E-state index contributed by atoms with van der Waals surface area (Å²) in [5.41, 5.74) is 0.863. The van der Waals surface area contributed by atoms with Crippen molar-refractivity contribution < 1.29 is 4.39 Å². The molecule has 4 nitrogen and oxygen atoms in total. The van der Waals surface area contributed by atoms with E-state index in [-0.39, 0.29) is 5.82 Å². The second-order valence-corrected chi connectivity index (χ2v) is 5.70. The Morgan fingerprint density at radius 3 is 2.80 bits per heavy atom. The quantitative estimate of drug-likeness (QED) is 0.866. The fourth-order valence-electron chi connectivity index (χ4n) is 3.37. The van der Waals surface area contributed by atoms with Gasteiger partial charge in [0.25, 0.3) is 0 Å². The number of nitrogens with one attached hydrogen (secondary N) is 1. The molecule has 104 valence electrons. The summed E-state index contributed by atoms with van der Waals surface area (Å²) in [4.78, 5) is 4.56. The van der Waals surface area contributed by atoms with E-state index < -0.39 is 0 Å². The van der Waals surface area contributed by atoms with Crippen molar-refractivity contribution in [3.05, 3.63) is 30.1 Å². The lowest BCUT2D eigenvalue weighted by molar-refractivity contribution is 0.222. The highest BCUT2D eigenvalue weighted by atomic mass is 19.1. The number of rotatable bonds is 1. The largest absolute Gasteiger partial charge is 0.354 e. The Labute approximate surface area is 117 Å². The molecule has 0 bridgehead atoms. The molecule has 1 N–H and O–H groups in total. The van der Waals surface area contributed by atoms with Crippen LogP contribution in [0.25, 0.3) is 11.4 Å². The van der Waals surface area contributed by atoms with Crippen LogP contribution in [0.15, 0.2) is 24.3 Å². The lowest BCUT2D eigenvalue weighted by Gasteiger charge is -2.36. The number of anilines is 1. The molecule has 5 heteroatoms.